The highest BCUT2D eigenvalue weighted by Gasteiger charge is 2.30. The van der Waals surface area contributed by atoms with Crippen LogP contribution in [0.2, 0.25) is 0 Å². The van der Waals surface area contributed by atoms with Crippen molar-refractivity contribution in [1.29, 1.82) is 0 Å². The smallest absolute Gasteiger partial charge is 0.239 e. The number of amidine groups is 1. The van der Waals surface area contributed by atoms with Crippen LogP contribution in [-0.2, 0) is 9.59 Å². The summed E-state index contributed by atoms with van der Waals surface area (Å²) in [6.45, 7) is 5.85. The van der Waals surface area contributed by atoms with Gasteiger partial charge >= 0.3 is 0 Å². The van der Waals surface area contributed by atoms with Gasteiger partial charge in [0.1, 0.15) is 0 Å². The predicted octanol–water partition coefficient (Wildman–Crippen LogP) is 0.198. The van der Waals surface area contributed by atoms with E-state index in [1.165, 1.54) is 0 Å². The van der Waals surface area contributed by atoms with Gasteiger partial charge in [0.15, 0.2) is 5.17 Å². The Balaban J connectivity index is 1.95. The number of carbonyl (C=O) groups excluding carboxylic acids is 2. The fourth-order valence-electron chi connectivity index (χ4n) is 1.68. The summed E-state index contributed by atoms with van der Waals surface area (Å²) in [5.74, 6) is -1.65. The Kier molecular flexibility index (Phi) is 4.64. The zero-order chi connectivity index (χ0) is 15.4. The van der Waals surface area contributed by atoms with Gasteiger partial charge in [-0.05, 0) is 12.5 Å². The summed E-state index contributed by atoms with van der Waals surface area (Å²) in [6.07, 6.45) is -0.339. The van der Waals surface area contributed by atoms with Gasteiger partial charge in [-0.3, -0.25) is 10.2 Å². The number of nitrogens with one attached hydrogen (secondary N) is 2. The zero-order valence-corrected chi connectivity index (χ0v) is 12.2. The van der Waals surface area contributed by atoms with E-state index in [9.17, 15) is 14.7 Å². The third kappa shape index (κ3) is 4.09. The van der Waals surface area contributed by atoms with Crippen molar-refractivity contribution in [2.75, 3.05) is 0 Å². The second-order valence-electron chi connectivity index (χ2n) is 4.55. The molecule has 0 aliphatic carbocycles. The molecular formula is C14H14N3O3S-. The number of aryl methyl sites for hydroxylation is 1. The molecule has 0 aromatic heterocycles. The summed E-state index contributed by atoms with van der Waals surface area (Å²) >= 11 is 1.05. The maximum Gasteiger partial charge on any atom is 0.239 e. The number of hydrogen-bond donors (Lipinski definition) is 2. The SMILES string of the molecule is C=C(N/N=C1/NC(=O)[C@H](CC(=O)[O-])S1)c1ccc(C)cc1. The fourth-order valence-corrected chi connectivity index (χ4v) is 2.59. The average Bonchev–Trinajstić information content (AvgIpc) is 2.77. The topological polar surface area (TPSA) is 93.6 Å². The summed E-state index contributed by atoms with van der Waals surface area (Å²) in [5, 5.41) is 16.6. The summed E-state index contributed by atoms with van der Waals surface area (Å²) in [5.41, 5.74) is 5.35. The maximum absolute atomic E-state index is 11.5. The van der Waals surface area contributed by atoms with E-state index in [0.29, 0.717) is 10.9 Å². The highest BCUT2D eigenvalue weighted by Crippen LogP contribution is 2.22. The number of amides is 1. The fraction of sp³-hybridized carbons (Fsp3) is 0.214. The molecule has 0 bridgehead atoms. The first-order valence-electron chi connectivity index (χ1n) is 6.22. The van der Waals surface area contributed by atoms with Crippen LogP contribution in [0.25, 0.3) is 5.70 Å². The third-order valence-corrected chi connectivity index (χ3v) is 3.90. The van der Waals surface area contributed by atoms with E-state index < -0.39 is 11.2 Å². The summed E-state index contributed by atoms with van der Waals surface area (Å²) in [6, 6.07) is 7.73. The second-order valence-corrected chi connectivity index (χ2v) is 5.74. The lowest BCUT2D eigenvalue weighted by atomic mass is 10.1. The van der Waals surface area contributed by atoms with Gasteiger partial charge in [0.2, 0.25) is 5.91 Å². The molecule has 6 nitrogen and oxygen atoms in total. The molecule has 2 rings (SSSR count). The molecule has 1 fully saturated rings. The highest BCUT2D eigenvalue weighted by molar-refractivity contribution is 8.15. The van der Waals surface area contributed by atoms with Crippen molar-refractivity contribution in [1.82, 2.24) is 10.7 Å². The summed E-state index contributed by atoms with van der Waals surface area (Å²) < 4.78 is 0. The van der Waals surface area contributed by atoms with E-state index in [-0.39, 0.29) is 12.3 Å². The molecule has 1 saturated heterocycles. The van der Waals surface area contributed by atoms with Crippen LogP contribution in [0, 0.1) is 6.92 Å². The number of benzene rings is 1. The van der Waals surface area contributed by atoms with E-state index in [1.807, 2.05) is 31.2 Å². The van der Waals surface area contributed by atoms with E-state index in [2.05, 4.69) is 22.4 Å². The number of hydrazone groups is 1. The van der Waals surface area contributed by atoms with Crippen molar-refractivity contribution in [3.05, 3.63) is 42.0 Å². The lowest BCUT2D eigenvalue weighted by molar-refractivity contribution is -0.305. The molecule has 110 valence electrons. The Labute approximate surface area is 126 Å². The van der Waals surface area contributed by atoms with Crippen LogP contribution in [0.5, 0.6) is 0 Å². The molecule has 0 radical (unpaired) electrons. The lowest BCUT2D eigenvalue weighted by Gasteiger charge is -2.06. The van der Waals surface area contributed by atoms with E-state index >= 15 is 0 Å². The van der Waals surface area contributed by atoms with Gasteiger partial charge in [-0.15, -0.1) is 5.10 Å². The van der Waals surface area contributed by atoms with Crippen LogP contribution in [0.4, 0.5) is 0 Å². The molecule has 0 spiro atoms. The molecule has 1 amide bonds. The second kappa shape index (κ2) is 6.45. The number of carboxylic acid groups (broad SMARTS) is 1. The first-order chi connectivity index (χ1) is 9.95. The average molecular weight is 304 g/mol. The van der Waals surface area contributed by atoms with Crippen LogP contribution in [0.1, 0.15) is 17.5 Å². The standard InChI is InChI=1S/C14H15N3O3S/c1-8-3-5-10(6-4-8)9(2)16-17-14-15-13(20)11(21-14)7-12(18)19/h3-6,11,16H,2,7H2,1H3,(H,18,19)(H,15,17,20)/p-1/t11-/m0/s1. The number of hydrogen-bond acceptors (Lipinski definition) is 6. The van der Waals surface area contributed by atoms with E-state index in [0.717, 1.165) is 22.9 Å². The molecular weight excluding hydrogens is 290 g/mol. The maximum atomic E-state index is 11.5. The Morgan fingerprint density at radius 3 is 2.76 bits per heavy atom. The number of rotatable bonds is 5. The Bertz CT molecular complexity index is 610. The van der Waals surface area contributed by atoms with Crippen molar-refractivity contribution < 1.29 is 14.7 Å². The monoisotopic (exact) mass is 304 g/mol. The van der Waals surface area contributed by atoms with Crippen LogP contribution in [-0.4, -0.2) is 22.3 Å². The number of carboxylic acids is 1. The molecule has 0 saturated carbocycles. The molecule has 2 N–H and O–H groups in total. The van der Waals surface area contributed by atoms with Crippen molar-refractivity contribution >= 4 is 34.5 Å². The minimum atomic E-state index is -1.26. The van der Waals surface area contributed by atoms with Gasteiger partial charge < -0.3 is 15.2 Å². The largest absolute Gasteiger partial charge is 0.550 e. The number of thioether (sulfide) groups is 1. The van der Waals surface area contributed by atoms with Gasteiger partial charge in [0.25, 0.3) is 0 Å². The predicted molar refractivity (Wildman–Crippen MR) is 79.9 cm³/mol. The molecule has 1 atom stereocenters. The van der Waals surface area contributed by atoms with Crippen molar-refractivity contribution in [3.8, 4) is 0 Å². The number of nitrogens with zero attached hydrogens (tertiary/aromatic N) is 1. The van der Waals surface area contributed by atoms with E-state index in [4.69, 9.17) is 0 Å². The van der Waals surface area contributed by atoms with Crippen LogP contribution >= 0.6 is 11.8 Å². The van der Waals surface area contributed by atoms with Gasteiger partial charge in [-0.1, -0.05) is 48.2 Å². The minimum Gasteiger partial charge on any atom is -0.550 e. The van der Waals surface area contributed by atoms with Crippen LogP contribution in [0.15, 0.2) is 35.9 Å². The van der Waals surface area contributed by atoms with Crippen LogP contribution in [0.3, 0.4) is 0 Å². The Morgan fingerprint density at radius 1 is 1.48 bits per heavy atom. The molecule has 1 aromatic rings. The van der Waals surface area contributed by atoms with Crippen LogP contribution < -0.4 is 15.8 Å². The zero-order valence-electron chi connectivity index (χ0n) is 11.4. The molecule has 1 aliphatic heterocycles. The first kappa shape index (κ1) is 15.1. The van der Waals surface area contributed by atoms with Crippen molar-refractivity contribution in [3.63, 3.8) is 0 Å². The van der Waals surface area contributed by atoms with Gasteiger partial charge in [0.05, 0.1) is 10.9 Å². The molecule has 1 heterocycles. The number of aliphatic carboxylic acids is 1. The molecule has 0 unspecified atom stereocenters. The van der Waals surface area contributed by atoms with Gasteiger partial charge in [0, 0.05) is 12.4 Å². The first-order valence-corrected chi connectivity index (χ1v) is 7.10. The summed E-state index contributed by atoms with van der Waals surface area (Å²) in [4.78, 5) is 22.0. The minimum absolute atomic E-state index is 0.319. The van der Waals surface area contributed by atoms with E-state index in [1.54, 1.807) is 0 Å². The summed E-state index contributed by atoms with van der Waals surface area (Å²) in [7, 11) is 0. The number of carbonyl (C=O) groups is 2. The van der Waals surface area contributed by atoms with Crippen molar-refractivity contribution in [2.24, 2.45) is 5.10 Å². The molecule has 7 heteroatoms. The molecule has 1 aromatic carbocycles. The highest BCUT2D eigenvalue weighted by atomic mass is 32.2. The molecule has 1 aliphatic rings. The normalized spacial score (nSPS) is 19.4. The van der Waals surface area contributed by atoms with Crippen molar-refractivity contribution in [2.45, 2.75) is 18.6 Å². The lowest BCUT2D eigenvalue weighted by Crippen LogP contribution is -2.31. The third-order valence-electron chi connectivity index (χ3n) is 2.82. The molecule has 21 heavy (non-hydrogen) atoms. The quantitative estimate of drug-likeness (QED) is 0.758. The Hall–Kier alpha value is -2.28. The van der Waals surface area contributed by atoms with Gasteiger partial charge in [-0.2, -0.15) is 0 Å². The Morgan fingerprint density at radius 2 is 2.14 bits per heavy atom. The van der Waals surface area contributed by atoms with Gasteiger partial charge in [-0.25, -0.2) is 0 Å².